The fraction of sp³-hybridized carbons (Fsp3) is 0.250. The summed E-state index contributed by atoms with van der Waals surface area (Å²) in [4.78, 5) is 22.5. The molecule has 22 heavy (non-hydrogen) atoms. The van der Waals surface area contributed by atoms with E-state index in [0.717, 1.165) is 16.2 Å². The van der Waals surface area contributed by atoms with Crippen molar-refractivity contribution >= 4 is 39.8 Å². The van der Waals surface area contributed by atoms with E-state index in [-0.39, 0.29) is 17.0 Å². The van der Waals surface area contributed by atoms with Crippen LogP contribution < -0.4 is 10.1 Å². The summed E-state index contributed by atoms with van der Waals surface area (Å²) in [5, 5.41) is 21.5. The number of carbonyl (C=O) groups is 1. The molecule has 0 saturated carbocycles. The molecule has 10 heteroatoms. The van der Waals surface area contributed by atoms with Crippen molar-refractivity contribution in [3.05, 3.63) is 33.9 Å². The molecule has 0 aliphatic carbocycles. The molecule has 0 bridgehead atoms. The van der Waals surface area contributed by atoms with Crippen LogP contribution in [0.3, 0.4) is 0 Å². The number of hydrogen-bond donors (Lipinski definition) is 1. The molecule has 2 aromatic rings. The Balaban J connectivity index is 2.23. The summed E-state index contributed by atoms with van der Waals surface area (Å²) < 4.78 is 5.80. The smallest absolute Gasteiger partial charge is 0.270 e. The lowest BCUT2D eigenvalue weighted by molar-refractivity contribution is -0.384. The van der Waals surface area contributed by atoms with Crippen LogP contribution in [0.4, 0.5) is 10.8 Å². The van der Waals surface area contributed by atoms with Gasteiger partial charge in [-0.25, -0.2) is 0 Å². The third-order valence-corrected chi connectivity index (χ3v) is 4.39. The molecule has 0 fully saturated rings. The summed E-state index contributed by atoms with van der Waals surface area (Å²) in [7, 11) is 1.39. The molecule has 2 rings (SSSR count). The van der Waals surface area contributed by atoms with Gasteiger partial charge in [-0.3, -0.25) is 20.2 Å². The van der Waals surface area contributed by atoms with E-state index >= 15 is 0 Å². The second kappa shape index (κ2) is 7.18. The van der Waals surface area contributed by atoms with Gasteiger partial charge in [-0.05, 0) is 11.8 Å². The SMILES string of the molecule is CCSc1nnc(NC(=O)c2cc([N+](=O)[O-])ccc2OC)s1. The van der Waals surface area contributed by atoms with Gasteiger partial charge in [0.25, 0.3) is 11.6 Å². The lowest BCUT2D eigenvalue weighted by Gasteiger charge is -2.07. The van der Waals surface area contributed by atoms with Crippen molar-refractivity contribution in [2.75, 3.05) is 18.2 Å². The third kappa shape index (κ3) is 3.71. The van der Waals surface area contributed by atoms with Crippen LogP contribution in [0.2, 0.25) is 0 Å². The molecule has 0 radical (unpaired) electrons. The maximum absolute atomic E-state index is 12.3. The second-order valence-corrected chi connectivity index (χ2v) is 6.39. The van der Waals surface area contributed by atoms with Gasteiger partial charge in [-0.2, -0.15) is 0 Å². The number of nitrogens with zero attached hydrogens (tertiary/aromatic N) is 3. The van der Waals surface area contributed by atoms with E-state index < -0.39 is 10.8 Å². The number of aromatic nitrogens is 2. The highest BCUT2D eigenvalue weighted by molar-refractivity contribution is 8.01. The van der Waals surface area contributed by atoms with Gasteiger partial charge in [0.05, 0.1) is 17.6 Å². The Hall–Kier alpha value is -2.20. The number of thioether (sulfide) groups is 1. The molecule has 8 nitrogen and oxygen atoms in total. The fourth-order valence-corrected chi connectivity index (χ4v) is 3.24. The standard InChI is InChI=1S/C12H12N4O4S2/c1-3-21-12-15-14-11(22-12)13-10(17)8-6-7(16(18)19)4-5-9(8)20-2/h4-6H,3H2,1-2H3,(H,13,14,17). The molecule has 0 aliphatic rings. The molecule has 1 amide bonds. The Kier molecular flexibility index (Phi) is 5.28. The van der Waals surface area contributed by atoms with Gasteiger partial charge in [0, 0.05) is 12.1 Å². The van der Waals surface area contributed by atoms with E-state index in [2.05, 4.69) is 15.5 Å². The number of anilines is 1. The number of non-ortho nitro benzene ring substituents is 1. The number of benzene rings is 1. The number of nitro benzene ring substituents is 1. The molecule has 0 aliphatic heterocycles. The van der Waals surface area contributed by atoms with Crippen LogP contribution in [0.15, 0.2) is 22.5 Å². The molecule has 1 aromatic heterocycles. The molecule has 0 atom stereocenters. The predicted octanol–water partition coefficient (Wildman–Crippen LogP) is 2.82. The van der Waals surface area contributed by atoms with Crippen LogP contribution >= 0.6 is 23.1 Å². The minimum Gasteiger partial charge on any atom is -0.496 e. The zero-order valence-corrected chi connectivity index (χ0v) is 13.4. The average Bonchev–Trinajstić information content (AvgIpc) is 2.94. The maximum atomic E-state index is 12.3. The van der Waals surface area contributed by atoms with E-state index in [4.69, 9.17) is 4.74 Å². The highest BCUT2D eigenvalue weighted by atomic mass is 32.2. The summed E-state index contributed by atoms with van der Waals surface area (Å²) in [6.45, 7) is 1.98. The highest BCUT2D eigenvalue weighted by Crippen LogP contribution is 2.28. The van der Waals surface area contributed by atoms with Crippen LogP contribution in [0.1, 0.15) is 17.3 Å². The molecule has 116 valence electrons. The normalized spacial score (nSPS) is 10.3. The molecular formula is C12H12N4O4S2. The van der Waals surface area contributed by atoms with E-state index in [1.807, 2.05) is 6.92 Å². The van der Waals surface area contributed by atoms with Crippen LogP contribution in [0.25, 0.3) is 0 Å². The Morgan fingerprint density at radius 2 is 2.27 bits per heavy atom. The molecule has 1 heterocycles. The number of nitrogens with one attached hydrogen (secondary N) is 1. The van der Waals surface area contributed by atoms with Gasteiger partial charge >= 0.3 is 0 Å². The minimum absolute atomic E-state index is 0.0663. The summed E-state index contributed by atoms with van der Waals surface area (Å²) in [5.74, 6) is 0.557. The van der Waals surface area contributed by atoms with Crippen LogP contribution in [0, 0.1) is 10.1 Å². The van der Waals surface area contributed by atoms with Gasteiger partial charge in [0.1, 0.15) is 5.75 Å². The monoisotopic (exact) mass is 340 g/mol. The number of amides is 1. The van der Waals surface area contributed by atoms with E-state index in [1.165, 1.54) is 42.3 Å². The van der Waals surface area contributed by atoms with Gasteiger partial charge < -0.3 is 4.74 Å². The highest BCUT2D eigenvalue weighted by Gasteiger charge is 2.19. The van der Waals surface area contributed by atoms with Crippen molar-refractivity contribution < 1.29 is 14.5 Å². The first-order valence-electron chi connectivity index (χ1n) is 6.15. The fourth-order valence-electron chi connectivity index (χ4n) is 1.59. The number of hydrogen-bond acceptors (Lipinski definition) is 8. The first kappa shape index (κ1) is 16.2. The first-order chi connectivity index (χ1) is 10.5. The zero-order chi connectivity index (χ0) is 16.1. The number of nitro groups is 1. The van der Waals surface area contributed by atoms with Gasteiger partial charge in [-0.15, -0.1) is 10.2 Å². The first-order valence-corrected chi connectivity index (χ1v) is 7.95. The van der Waals surface area contributed by atoms with Crippen molar-refractivity contribution in [2.24, 2.45) is 0 Å². The molecule has 1 aromatic carbocycles. The van der Waals surface area contributed by atoms with E-state index in [0.29, 0.717) is 5.13 Å². The van der Waals surface area contributed by atoms with E-state index in [9.17, 15) is 14.9 Å². The Labute approximate surface area is 134 Å². The van der Waals surface area contributed by atoms with Crippen molar-refractivity contribution in [3.8, 4) is 5.75 Å². The zero-order valence-electron chi connectivity index (χ0n) is 11.7. The third-order valence-electron chi connectivity index (χ3n) is 2.53. The van der Waals surface area contributed by atoms with Gasteiger partial charge in [-0.1, -0.05) is 30.0 Å². The Morgan fingerprint density at radius 3 is 2.91 bits per heavy atom. The van der Waals surface area contributed by atoms with Crippen LogP contribution in [0.5, 0.6) is 5.75 Å². The minimum atomic E-state index is -0.572. The lowest BCUT2D eigenvalue weighted by atomic mass is 10.1. The number of methoxy groups -OCH3 is 1. The van der Waals surface area contributed by atoms with Gasteiger partial charge in [0.2, 0.25) is 5.13 Å². The number of carbonyl (C=O) groups excluding carboxylic acids is 1. The van der Waals surface area contributed by atoms with Crippen molar-refractivity contribution in [1.82, 2.24) is 10.2 Å². The molecule has 0 saturated heterocycles. The predicted molar refractivity (Wildman–Crippen MR) is 83.9 cm³/mol. The van der Waals surface area contributed by atoms with Crippen LogP contribution in [-0.2, 0) is 0 Å². The summed E-state index contributed by atoms with van der Waals surface area (Å²) >= 11 is 2.75. The second-order valence-electron chi connectivity index (χ2n) is 3.90. The largest absolute Gasteiger partial charge is 0.496 e. The maximum Gasteiger partial charge on any atom is 0.270 e. The molecular weight excluding hydrogens is 328 g/mol. The lowest BCUT2D eigenvalue weighted by Crippen LogP contribution is -2.13. The van der Waals surface area contributed by atoms with Gasteiger partial charge in [0.15, 0.2) is 4.34 Å². The molecule has 0 spiro atoms. The summed E-state index contributed by atoms with van der Waals surface area (Å²) in [6.07, 6.45) is 0. The quantitative estimate of drug-likeness (QED) is 0.373. The Morgan fingerprint density at radius 1 is 1.50 bits per heavy atom. The van der Waals surface area contributed by atoms with E-state index in [1.54, 1.807) is 0 Å². The summed E-state index contributed by atoms with van der Waals surface area (Å²) in [6, 6.07) is 3.82. The molecule has 1 N–H and O–H groups in total. The Bertz CT molecular complexity index is 704. The van der Waals surface area contributed by atoms with Crippen molar-refractivity contribution in [2.45, 2.75) is 11.3 Å². The van der Waals surface area contributed by atoms with Crippen molar-refractivity contribution in [3.63, 3.8) is 0 Å². The topological polar surface area (TPSA) is 107 Å². The van der Waals surface area contributed by atoms with Crippen LogP contribution in [-0.4, -0.2) is 33.9 Å². The number of ether oxygens (including phenoxy) is 1. The number of rotatable bonds is 6. The average molecular weight is 340 g/mol. The molecule has 0 unspecified atom stereocenters. The van der Waals surface area contributed by atoms with Crippen molar-refractivity contribution in [1.29, 1.82) is 0 Å². The summed E-state index contributed by atoms with van der Waals surface area (Å²) in [5.41, 5.74) is -0.123.